The summed E-state index contributed by atoms with van der Waals surface area (Å²) in [5, 5.41) is 2.96. The van der Waals surface area contributed by atoms with Crippen molar-refractivity contribution in [2.75, 3.05) is 43.0 Å². The molecule has 0 aliphatic carbocycles. The largest absolute Gasteiger partial charge is 0.466 e. The van der Waals surface area contributed by atoms with Gasteiger partial charge < -0.3 is 28.7 Å². The van der Waals surface area contributed by atoms with E-state index < -0.39 is 47.1 Å². The number of fused-ring (bicyclic) bond motifs is 1. The van der Waals surface area contributed by atoms with Crippen LogP contribution in [0.1, 0.15) is 80.7 Å². The zero-order valence-electron chi connectivity index (χ0n) is 35.0. The first-order valence-corrected chi connectivity index (χ1v) is 20.8. The van der Waals surface area contributed by atoms with E-state index in [1.54, 1.807) is 43.0 Å². The third-order valence-corrected chi connectivity index (χ3v) is 11.8. The van der Waals surface area contributed by atoms with Crippen LogP contribution < -0.4 is 10.2 Å². The summed E-state index contributed by atoms with van der Waals surface area (Å²) < 4.78 is 42.5. The van der Waals surface area contributed by atoms with Crippen molar-refractivity contribution in [2.24, 2.45) is 11.8 Å². The van der Waals surface area contributed by atoms with Gasteiger partial charge in [0.25, 0.3) is 0 Å². The van der Waals surface area contributed by atoms with Crippen LogP contribution in [0.15, 0.2) is 73.1 Å². The summed E-state index contributed by atoms with van der Waals surface area (Å²) in [5.74, 6) is -3.98. The standard InChI is InChI=1S/C46H54F2N6O6/c1-6-59-43(57)30-15-18-51(19-16-30)40-21-29(2)11-12-33(40)25-52-20-17-49-44(52)50-42(56)38-28-53(27-37(38)36-14-13-34(47)23-39(36)48)41(55)24-35-22-31-9-7-8-10-32(31)26-54(35)45(58)60-46(3,4)5/h7-14,17,20-21,23,30,35,37-38H,6,15-16,18-19,22,24-28H2,1-5H3,(H,49,50,56)/t35?,37-,38+/m0/s1. The highest BCUT2D eigenvalue weighted by Gasteiger charge is 2.43. The van der Waals surface area contributed by atoms with E-state index in [9.17, 15) is 23.6 Å². The third kappa shape index (κ3) is 9.63. The van der Waals surface area contributed by atoms with E-state index in [0.29, 0.717) is 45.5 Å². The number of hydrogen-bond acceptors (Lipinski definition) is 8. The fourth-order valence-electron chi connectivity index (χ4n) is 8.69. The fraction of sp³-hybridized carbons (Fsp3) is 0.457. The van der Waals surface area contributed by atoms with Crippen LogP contribution in [0.3, 0.4) is 0 Å². The summed E-state index contributed by atoms with van der Waals surface area (Å²) in [6, 6.07) is 16.8. The van der Waals surface area contributed by atoms with Gasteiger partial charge in [-0.05, 0) is 93.8 Å². The van der Waals surface area contributed by atoms with Crippen LogP contribution in [-0.4, -0.2) is 87.7 Å². The Kier molecular flexibility index (Phi) is 12.6. The molecule has 12 nitrogen and oxygen atoms in total. The number of likely N-dealkylation sites (tertiary alicyclic amines) is 1. The number of nitrogens with zero attached hydrogens (tertiary/aromatic N) is 5. The van der Waals surface area contributed by atoms with Crippen molar-refractivity contribution in [3.63, 3.8) is 0 Å². The Labute approximate surface area is 349 Å². The molecule has 1 N–H and O–H groups in total. The van der Waals surface area contributed by atoms with E-state index in [1.807, 2.05) is 48.7 Å². The van der Waals surface area contributed by atoms with Crippen LogP contribution in [0.2, 0.25) is 0 Å². The number of hydrogen-bond donors (Lipinski definition) is 1. The number of imidazole rings is 1. The Morgan fingerprint density at radius 3 is 2.42 bits per heavy atom. The molecule has 3 amide bonds. The molecule has 0 radical (unpaired) electrons. The molecule has 3 aromatic carbocycles. The van der Waals surface area contributed by atoms with Crippen LogP contribution >= 0.6 is 0 Å². The number of carbonyl (C=O) groups excluding carboxylic acids is 4. The summed E-state index contributed by atoms with van der Waals surface area (Å²) in [5.41, 5.74) is 4.52. The summed E-state index contributed by atoms with van der Waals surface area (Å²) in [7, 11) is 0. The summed E-state index contributed by atoms with van der Waals surface area (Å²) in [6.45, 7) is 11.6. The van der Waals surface area contributed by atoms with Crippen molar-refractivity contribution < 1.29 is 37.4 Å². The number of carbonyl (C=O) groups is 4. The first kappa shape index (κ1) is 42.3. The van der Waals surface area contributed by atoms with Crippen LogP contribution in [0.4, 0.5) is 25.2 Å². The zero-order valence-corrected chi connectivity index (χ0v) is 35.0. The topological polar surface area (TPSA) is 126 Å². The van der Waals surface area contributed by atoms with E-state index in [4.69, 9.17) is 9.47 Å². The molecule has 318 valence electrons. The minimum absolute atomic E-state index is 0.0171. The van der Waals surface area contributed by atoms with Gasteiger partial charge in [0, 0.05) is 75.3 Å². The van der Waals surface area contributed by atoms with Crippen molar-refractivity contribution in [3.05, 3.63) is 113 Å². The number of piperidine rings is 1. The van der Waals surface area contributed by atoms with E-state index in [-0.39, 0.29) is 55.4 Å². The minimum atomic E-state index is -0.899. The molecule has 2 saturated heterocycles. The first-order chi connectivity index (χ1) is 28.7. The molecule has 0 saturated carbocycles. The molecule has 3 aliphatic heterocycles. The number of halogens is 2. The van der Waals surface area contributed by atoms with Gasteiger partial charge in [0.15, 0.2) is 0 Å². The molecule has 1 unspecified atom stereocenters. The van der Waals surface area contributed by atoms with Crippen LogP contribution in [0, 0.1) is 30.4 Å². The molecular weight excluding hydrogens is 771 g/mol. The molecule has 7 rings (SSSR count). The van der Waals surface area contributed by atoms with Crippen LogP contribution in [0.25, 0.3) is 0 Å². The highest BCUT2D eigenvalue weighted by molar-refractivity contribution is 5.93. The van der Waals surface area contributed by atoms with E-state index in [2.05, 4.69) is 27.3 Å². The number of benzene rings is 3. The molecule has 2 fully saturated rings. The smallest absolute Gasteiger partial charge is 0.410 e. The number of anilines is 2. The lowest BCUT2D eigenvalue weighted by Crippen LogP contribution is -2.48. The second-order valence-corrected chi connectivity index (χ2v) is 17.1. The van der Waals surface area contributed by atoms with Crippen LogP contribution in [0.5, 0.6) is 0 Å². The fourth-order valence-corrected chi connectivity index (χ4v) is 8.69. The van der Waals surface area contributed by atoms with Crippen LogP contribution in [-0.2, 0) is 43.4 Å². The molecule has 3 aliphatic rings. The number of aryl methyl sites for hydroxylation is 1. The zero-order chi connectivity index (χ0) is 42.7. The molecular formula is C46H54F2N6O6. The number of aromatic nitrogens is 2. The minimum Gasteiger partial charge on any atom is -0.466 e. The molecule has 60 heavy (non-hydrogen) atoms. The Morgan fingerprint density at radius 2 is 1.70 bits per heavy atom. The van der Waals surface area contributed by atoms with Crippen molar-refractivity contribution in [3.8, 4) is 0 Å². The van der Waals surface area contributed by atoms with Crippen molar-refractivity contribution in [1.82, 2.24) is 19.4 Å². The number of nitrogens with one attached hydrogen (secondary N) is 1. The van der Waals surface area contributed by atoms with Gasteiger partial charge in [0.05, 0.1) is 25.0 Å². The third-order valence-electron chi connectivity index (χ3n) is 11.8. The van der Waals surface area contributed by atoms with Gasteiger partial charge in [-0.15, -0.1) is 0 Å². The van der Waals surface area contributed by atoms with Gasteiger partial charge in [0.1, 0.15) is 17.2 Å². The molecule has 4 heterocycles. The molecule has 1 aromatic heterocycles. The predicted octanol–water partition coefficient (Wildman–Crippen LogP) is 7.23. The molecule has 14 heteroatoms. The summed E-state index contributed by atoms with van der Waals surface area (Å²) >= 11 is 0. The predicted molar refractivity (Wildman–Crippen MR) is 222 cm³/mol. The van der Waals surface area contributed by atoms with Gasteiger partial charge in [-0.1, -0.05) is 42.5 Å². The van der Waals surface area contributed by atoms with Crippen molar-refractivity contribution in [2.45, 2.75) is 91.0 Å². The molecule has 4 aromatic rings. The van der Waals surface area contributed by atoms with Gasteiger partial charge in [-0.3, -0.25) is 19.7 Å². The SMILES string of the molecule is CCOC(=O)C1CCN(c2cc(C)ccc2Cn2ccnc2NC(=O)[C@@H]2CN(C(=O)CC3Cc4ccccc4CN3C(=O)OC(C)(C)C)C[C@H]2c2ccc(F)cc2F)CC1. The highest BCUT2D eigenvalue weighted by atomic mass is 19.1. The normalized spacial score (nSPS) is 19.5. The lowest BCUT2D eigenvalue weighted by atomic mass is 9.88. The quantitative estimate of drug-likeness (QED) is 0.166. The number of ether oxygens (including phenoxy) is 2. The van der Waals surface area contributed by atoms with Crippen molar-refractivity contribution >= 4 is 35.5 Å². The van der Waals surface area contributed by atoms with E-state index >= 15 is 4.39 Å². The Morgan fingerprint density at radius 1 is 0.950 bits per heavy atom. The Bertz CT molecular complexity index is 2230. The molecule has 0 spiro atoms. The monoisotopic (exact) mass is 824 g/mol. The average Bonchev–Trinajstić information content (AvgIpc) is 3.85. The molecule has 0 bridgehead atoms. The van der Waals surface area contributed by atoms with Gasteiger partial charge in [0.2, 0.25) is 17.8 Å². The number of amides is 3. The second kappa shape index (κ2) is 17.8. The number of rotatable bonds is 10. The van der Waals surface area contributed by atoms with E-state index in [1.165, 1.54) is 6.07 Å². The lowest BCUT2D eigenvalue weighted by Gasteiger charge is -2.38. The van der Waals surface area contributed by atoms with Gasteiger partial charge >= 0.3 is 12.1 Å². The maximum atomic E-state index is 15.5. The Balaban J connectivity index is 1.09. The Hall–Kier alpha value is -5.79. The van der Waals surface area contributed by atoms with E-state index in [0.717, 1.165) is 40.1 Å². The first-order valence-electron chi connectivity index (χ1n) is 20.8. The maximum absolute atomic E-state index is 15.5. The highest BCUT2D eigenvalue weighted by Crippen LogP contribution is 2.37. The van der Waals surface area contributed by atoms with Gasteiger partial charge in [-0.25, -0.2) is 18.6 Å². The second-order valence-electron chi connectivity index (χ2n) is 17.1. The van der Waals surface area contributed by atoms with Crippen molar-refractivity contribution in [1.29, 1.82) is 0 Å². The van der Waals surface area contributed by atoms with Gasteiger partial charge in [-0.2, -0.15) is 0 Å². The average molecular weight is 825 g/mol. The lowest BCUT2D eigenvalue weighted by molar-refractivity contribution is -0.148. The summed E-state index contributed by atoms with van der Waals surface area (Å²) in [6.07, 6.45) is 4.61. The maximum Gasteiger partial charge on any atom is 0.410 e. The molecule has 3 atom stereocenters. The summed E-state index contributed by atoms with van der Waals surface area (Å²) in [4.78, 5) is 64.3. The number of esters is 1.